The molecule has 1 N–H and O–H groups in total. The van der Waals surface area contributed by atoms with E-state index < -0.39 is 0 Å². The number of ether oxygens (including phenoxy) is 1. The lowest BCUT2D eigenvalue weighted by molar-refractivity contribution is 0.167. The Labute approximate surface area is 109 Å². The van der Waals surface area contributed by atoms with Gasteiger partial charge in [-0.05, 0) is 50.4 Å². The molecule has 18 heavy (non-hydrogen) atoms. The molecule has 0 amide bonds. The van der Waals surface area contributed by atoms with E-state index in [1.807, 2.05) is 13.1 Å². The third-order valence-electron chi connectivity index (χ3n) is 3.11. The fourth-order valence-corrected chi connectivity index (χ4v) is 2.10. The molecule has 1 aliphatic heterocycles. The Kier molecular flexibility index (Phi) is 4.76. The van der Waals surface area contributed by atoms with Crippen molar-refractivity contribution in [2.75, 3.05) is 13.2 Å². The van der Waals surface area contributed by atoms with Crippen molar-refractivity contribution in [1.29, 1.82) is 0 Å². The molecule has 2 rings (SSSR count). The summed E-state index contributed by atoms with van der Waals surface area (Å²) in [5.41, 5.74) is 2.23. The summed E-state index contributed by atoms with van der Waals surface area (Å²) in [5.74, 6) is 1.06. The van der Waals surface area contributed by atoms with Crippen LogP contribution < -0.4 is 5.32 Å². The summed E-state index contributed by atoms with van der Waals surface area (Å²) in [5, 5.41) is 3.54. The standard InChI is InChI=1S/C15H22N2O/c1-3-9-16-15(14-6-4-5-10-18-14)13-8-7-12(2)17-11-13/h6-8,11,15-16H,3-5,9-10H2,1-2H3. The van der Waals surface area contributed by atoms with E-state index in [0.717, 1.165) is 43.9 Å². The van der Waals surface area contributed by atoms with Gasteiger partial charge in [-0.15, -0.1) is 0 Å². The number of rotatable bonds is 5. The van der Waals surface area contributed by atoms with E-state index in [1.54, 1.807) is 0 Å². The largest absolute Gasteiger partial charge is 0.496 e. The Morgan fingerprint density at radius 1 is 1.44 bits per heavy atom. The summed E-state index contributed by atoms with van der Waals surface area (Å²) in [6.07, 6.45) is 7.50. The van der Waals surface area contributed by atoms with Crippen LogP contribution in [-0.2, 0) is 4.74 Å². The van der Waals surface area contributed by atoms with Crippen LogP contribution in [-0.4, -0.2) is 18.1 Å². The number of pyridine rings is 1. The molecule has 3 nitrogen and oxygen atoms in total. The van der Waals surface area contributed by atoms with Crippen molar-refractivity contribution in [2.45, 2.75) is 39.2 Å². The maximum atomic E-state index is 5.79. The molecule has 0 aliphatic carbocycles. The number of aryl methyl sites for hydroxylation is 1. The highest BCUT2D eigenvalue weighted by molar-refractivity contribution is 5.25. The van der Waals surface area contributed by atoms with Crippen LogP contribution in [0.2, 0.25) is 0 Å². The molecular weight excluding hydrogens is 224 g/mol. The van der Waals surface area contributed by atoms with Crippen molar-refractivity contribution in [3.05, 3.63) is 41.4 Å². The predicted octanol–water partition coefficient (Wildman–Crippen LogP) is 3.13. The number of hydrogen-bond acceptors (Lipinski definition) is 3. The van der Waals surface area contributed by atoms with Crippen molar-refractivity contribution in [3.8, 4) is 0 Å². The van der Waals surface area contributed by atoms with Crippen molar-refractivity contribution >= 4 is 0 Å². The number of hydrogen-bond donors (Lipinski definition) is 1. The second-order valence-corrected chi connectivity index (χ2v) is 4.72. The van der Waals surface area contributed by atoms with Crippen molar-refractivity contribution in [1.82, 2.24) is 10.3 Å². The molecule has 2 heterocycles. The summed E-state index contributed by atoms with van der Waals surface area (Å²) in [6, 6.07) is 4.34. The van der Waals surface area contributed by atoms with E-state index in [0.29, 0.717) is 0 Å². The third kappa shape index (κ3) is 3.33. The van der Waals surface area contributed by atoms with Crippen LogP contribution in [0.5, 0.6) is 0 Å². The van der Waals surface area contributed by atoms with Crippen molar-refractivity contribution in [3.63, 3.8) is 0 Å². The molecular formula is C15H22N2O. The summed E-state index contributed by atoms with van der Waals surface area (Å²) in [4.78, 5) is 4.38. The van der Waals surface area contributed by atoms with Gasteiger partial charge in [0.1, 0.15) is 5.76 Å². The number of aromatic nitrogens is 1. The van der Waals surface area contributed by atoms with Gasteiger partial charge in [-0.25, -0.2) is 0 Å². The molecule has 0 saturated heterocycles. The molecule has 1 aromatic rings. The molecule has 1 aliphatic rings. The highest BCUT2D eigenvalue weighted by atomic mass is 16.5. The minimum atomic E-state index is 0.151. The van der Waals surface area contributed by atoms with Crippen LogP contribution in [0.25, 0.3) is 0 Å². The van der Waals surface area contributed by atoms with E-state index in [9.17, 15) is 0 Å². The molecule has 1 unspecified atom stereocenters. The van der Waals surface area contributed by atoms with E-state index in [-0.39, 0.29) is 6.04 Å². The minimum Gasteiger partial charge on any atom is -0.496 e. The Morgan fingerprint density at radius 2 is 2.33 bits per heavy atom. The zero-order valence-corrected chi connectivity index (χ0v) is 11.3. The molecule has 3 heteroatoms. The monoisotopic (exact) mass is 246 g/mol. The number of nitrogens with zero attached hydrogens (tertiary/aromatic N) is 1. The van der Waals surface area contributed by atoms with Gasteiger partial charge in [-0.3, -0.25) is 4.98 Å². The van der Waals surface area contributed by atoms with Crippen LogP contribution in [0.3, 0.4) is 0 Å². The molecule has 0 saturated carbocycles. The first-order valence-electron chi connectivity index (χ1n) is 6.80. The van der Waals surface area contributed by atoms with Crippen molar-refractivity contribution in [2.24, 2.45) is 0 Å². The van der Waals surface area contributed by atoms with Crippen LogP contribution in [0, 0.1) is 6.92 Å². The molecule has 0 bridgehead atoms. The van der Waals surface area contributed by atoms with Gasteiger partial charge in [-0.1, -0.05) is 13.0 Å². The zero-order chi connectivity index (χ0) is 12.8. The average molecular weight is 246 g/mol. The molecule has 0 aromatic carbocycles. The van der Waals surface area contributed by atoms with Crippen LogP contribution >= 0.6 is 0 Å². The topological polar surface area (TPSA) is 34.1 Å². The molecule has 1 aromatic heterocycles. The van der Waals surface area contributed by atoms with Crippen LogP contribution in [0.4, 0.5) is 0 Å². The highest BCUT2D eigenvalue weighted by Gasteiger charge is 2.19. The van der Waals surface area contributed by atoms with Gasteiger partial charge in [-0.2, -0.15) is 0 Å². The fraction of sp³-hybridized carbons (Fsp3) is 0.533. The number of allylic oxidation sites excluding steroid dienone is 1. The first-order chi connectivity index (χ1) is 8.81. The molecule has 98 valence electrons. The van der Waals surface area contributed by atoms with E-state index in [1.165, 1.54) is 5.56 Å². The summed E-state index contributed by atoms with van der Waals surface area (Å²) in [6.45, 7) is 6.00. The molecule has 0 radical (unpaired) electrons. The van der Waals surface area contributed by atoms with Gasteiger partial charge in [0.2, 0.25) is 0 Å². The van der Waals surface area contributed by atoms with E-state index >= 15 is 0 Å². The Hall–Kier alpha value is -1.35. The fourth-order valence-electron chi connectivity index (χ4n) is 2.10. The van der Waals surface area contributed by atoms with Gasteiger partial charge in [0, 0.05) is 11.9 Å². The normalized spacial score (nSPS) is 16.9. The summed E-state index contributed by atoms with van der Waals surface area (Å²) >= 11 is 0. The lowest BCUT2D eigenvalue weighted by atomic mass is 10.0. The SMILES string of the molecule is CCCNC(C1=CCCCO1)c1ccc(C)nc1. The lowest BCUT2D eigenvalue weighted by Crippen LogP contribution is -2.26. The quantitative estimate of drug-likeness (QED) is 0.866. The molecule has 1 atom stereocenters. The van der Waals surface area contributed by atoms with E-state index in [2.05, 4.69) is 35.4 Å². The predicted molar refractivity (Wildman–Crippen MR) is 73.3 cm³/mol. The van der Waals surface area contributed by atoms with Crippen molar-refractivity contribution < 1.29 is 4.74 Å². The Balaban J connectivity index is 2.18. The first kappa shape index (κ1) is 13.1. The summed E-state index contributed by atoms with van der Waals surface area (Å²) < 4.78 is 5.79. The Bertz CT molecular complexity index is 397. The maximum Gasteiger partial charge on any atom is 0.113 e. The number of nitrogens with one attached hydrogen (secondary N) is 1. The lowest BCUT2D eigenvalue weighted by Gasteiger charge is -2.25. The van der Waals surface area contributed by atoms with Crippen LogP contribution in [0.1, 0.15) is 43.5 Å². The van der Waals surface area contributed by atoms with Gasteiger partial charge in [0.05, 0.1) is 12.6 Å². The minimum absolute atomic E-state index is 0.151. The van der Waals surface area contributed by atoms with Gasteiger partial charge in [0.15, 0.2) is 0 Å². The molecule has 0 spiro atoms. The smallest absolute Gasteiger partial charge is 0.113 e. The average Bonchev–Trinajstić information content (AvgIpc) is 2.42. The van der Waals surface area contributed by atoms with E-state index in [4.69, 9.17) is 4.74 Å². The zero-order valence-electron chi connectivity index (χ0n) is 11.3. The Morgan fingerprint density at radius 3 is 2.94 bits per heavy atom. The first-order valence-corrected chi connectivity index (χ1v) is 6.80. The van der Waals surface area contributed by atoms with Gasteiger partial charge in [0.25, 0.3) is 0 Å². The second kappa shape index (κ2) is 6.55. The third-order valence-corrected chi connectivity index (χ3v) is 3.11. The maximum absolute atomic E-state index is 5.79. The van der Waals surface area contributed by atoms with Gasteiger partial charge >= 0.3 is 0 Å². The second-order valence-electron chi connectivity index (χ2n) is 4.72. The van der Waals surface area contributed by atoms with Crippen LogP contribution in [0.15, 0.2) is 30.2 Å². The highest BCUT2D eigenvalue weighted by Crippen LogP contribution is 2.25. The summed E-state index contributed by atoms with van der Waals surface area (Å²) in [7, 11) is 0. The van der Waals surface area contributed by atoms with Gasteiger partial charge < -0.3 is 10.1 Å². The molecule has 0 fully saturated rings.